The maximum absolute atomic E-state index is 12.5. The molecule has 0 aliphatic carbocycles. The number of aromatic nitrogens is 1. The standard InChI is InChI=1S/C19H22N2O3S/c1-15-3-6-17(7-4-15)10-12-25(22,23)21-11-9-18(14-21)24-19-8-5-16(2)13-20-19/h3-8,10,12-13,18H,9,11,14H2,1-2H3/b12-10+. The van der Waals surface area contributed by atoms with E-state index in [4.69, 9.17) is 4.74 Å². The fourth-order valence-electron chi connectivity index (χ4n) is 2.65. The van der Waals surface area contributed by atoms with Gasteiger partial charge in [0.05, 0.1) is 6.54 Å². The molecule has 6 heteroatoms. The van der Waals surface area contributed by atoms with Gasteiger partial charge >= 0.3 is 0 Å². The summed E-state index contributed by atoms with van der Waals surface area (Å²) in [5, 5.41) is 1.27. The summed E-state index contributed by atoms with van der Waals surface area (Å²) in [6.45, 7) is 4.76. The number of hydrogen-bond acceptors (Lipinski definition) is 4. The van der Waals surface area contributed by atoms with Crippen molar-refractivity contribution in [2.75, 3.05) is 13.1 Å². The molecule has 0 bridgehead atoms. The molecule has 3 rings (SSSR count). The van der Waals surface area contributed by atoms with Gasteiger partial charge in [-0.2, -0.15) is 4.31 Å². The minimum absolute atomic E-state index is 0.169. The summed E-state index contributed by atoms with van der Waals surface area (Å²) in [7, 11) is -3.45. The van der Waals surface area contributed by atoms with Gasteiger partial charge in [0.15, 0.2) is 0 Å². The third kappa shape index (κ3) is 4.67. The highest BCUT2D eigenvalue weighted by atomic mass is 32.2. The smallest absolute Gasteiger partial charge is 0.236 e. The Labute approximate surface area is 149 Å². The number of rotatable bonds is 5. The van der Waals surface area contributed by atoms with Gasteiger partial charge in [-0.05, 0) is 37.5 Å². The monoisotopic (exact) mass is 358 g/mol. The molecule has 0 amide bonds. The van der Waals surface area contributed by atoms with Crippen LogP contribution in [0.3, 0.4) is 0 Å². The van der Waals surface area contributed by atoms with Crippen molar-refractivity contribution in [2.24, 2.45) is 0 Å². The van der Waals surface area contributed by atoms with Crippen molar-refractivity contribution in [3.05, 3.63) is 64.7 Å². The molecule has 0 spiro atoms. The van der Waals surface area contributed by atoms with Crippen LogP contribution in [0.4, 0.5) is 0 Å². The molecule has 0 N–H and O–H groups in total. The van der Waals surface area contributed by atoms with Crippen molar-refractivity contribution in [2.45, 2.75) is 26.4 Å². The number of pyridine rings is 1. The normalized spacial score (nSPS) is 18.7. The number of benzene rings is 1. The van der Waals surface area contributed by atoms with E-state index in [9.17, 15) is 8.42 Å². The van der Waals surface area contributed by atoms with Crippen LogP contribution in [0.1, 0.15) is 23.1 Å². The molecule has 25 heavy (non-hydrogen) atoms. The van der Waals surface area contributed by atoms with E-state index < -0.39 is 10.0 Å². The van der Waals surface area contributed by atoms with Crippen LogP contribution in [0.2, 0.25) is 0 Å². The second kappa shape index (κ2) is 7.37. The fourth-order valence-corrected chi connectivity index (χ4v) is 3.88. The zero-order valence-corrected chi connectivity index (χ0v) is 15.2. The molecule has 132 valence electrons. The molecule has 1 atom stereocenters. The van der Waals surface area contributed by atoms with Crippen molar-refractivity contribution in [3.8, 4) is 5.88 Å². The van der Waals surface area contributed by atoms with Gasteiger partial charge in [-0.25, -0.2) is 13.4 Å². The second-order valence-electron chi connectivity index (χ2n) is 6.32. The molecule has 0 radical (unpaired) electrons. The minimum Gasteiger partial charge on any atom is -0.473 e. The zero-order chi connectivity index (χ0) is 17.9. The molecule has 1 aliphatic rings. The van der Waals surface area contributed by atoms with Gasteiger partial charge in [0.1, 0.15) is 6.10 Å². The van der Waals surface area contributed by atoms with E-state index in [2.05, 4.69) is 4.98 Å². The van der Waals surface area contributed by atoms with Crippen LogP contribution in [0.15, 0.2) is 48.0 Å². The van der Waals surface area contributed by atoms with E-state index in [1.807, 2.05) is 50.2 Å². The van der Waals surface area contributed by atoms with Gasteiger partial charge in [-0.15, -0.1) is 0 Å². The van der Waals surface area contributed by atoms with Gasteiger partial charge in [-0.3, -0.25) is 0 Å². The Kier molecular flexibility index (Phi) is 5.20. The molecule has 0 saturated carbocycles. The van der Waals surface area contributed by atoms with E-state index in [0.717, 1.165) is 16.7 Å². The molecule has 1 saturated heterocycles. The van der Waals surface area contributed by atoms with Crippen molar-refractivity contribution in [1.29, 1.82) is 0 Å². The average Bonchev–Trinajstić information content (AvgIpc) is 3.06. The molecular weight excluding hydrogens is 336 g/mol. The van der Waals surface area contributed by atoms with Crippen LogP contribution in [0.5, 0.6) is 5.88 Å². The predicted molar refractivity (Wildman–Crippen MR) is 98.7 cm³/mol. The molecule has 1 unspecified atom stereocenters. The lowest BCUT2D eigenvalue weighted by Crippen LogP contribution is -2.29. The second-order valence-corrected chi connectivity index (χ2v) is 8.14. The van der Waals surface area contributed by atoms with E-state index in [0.29, 0.717) is 25.4 Å². The molecule has 5 nitrogen and oxygen atoms in total. The van der Waals surface area contributed by atoms with E-state index in [-0.39, 0.29) is 6.10 Å². The van der Waals surface area contributed by atoms with Crippen LogP contribution >= 0.6 is 0 Å². The van der Waals surface area contributed by atoms with Crippen molar-refractivity contribution in [1.82, 2.24) is 9.29 Å². The first-order valence-electron chi connectivity index (χ1n) is 8.26. The Morgan fingerprint density at radius 1 is 1.12 bits per heavy atom. The van der Waals surface area contributed by atoms with Crippen LogP contribution in [0, 0.1) is 13.8 Å². The molecule has 2 aromatic rings. The van der Waals surface area contributed by atoms with Crippen LogP contribution in [0.25, 0.3) is 6.08 Å². The molecule has 1 aromatic heterocycles. The third-order valence-electron chi connectivity index (χ3n) is 4.15. The maximum Gasteiger partial charge on any atom is 0.236 e. The van der Waals surface area contributed by atoms with Crippen LogP contribution in [-0.4, -0.2) is 36.9 Å². The molecule has 1 aliphatic heterocycles. The summed E-state index contributed by atoms with van der Waals surface area (Å²) in [5.74, 6) is 0.532. The lowest BCUT2D eigenvalue weighted by Gasteiger charge is -2.15. The van der Waals surface area contributed by atoms with Gasteiger partial charge in [0, 0.05) is 24.2 Å². The first-order valence-corrected chi connectivity index (χ1v) is 9.77. The SMILES string of the molecule is Cc1ccc(/C=C/S(=O)(=O)N2CCC(Oc3ccc(C)cn3)C2)cc1. The topological polar surface area (TPSA) is 59.5 Å². The first-order chi connectivity index (χ1) is 11.9. The number of aryl methyl sites for hydroxylation is 2. The Balaban J connectivity index is 1.61. The quantitative estimate of drug-likeness (QED) is 0.824. The lowest BCUT2D eigenvalue weighted by atomic mass is 10.2. The summed E-state index contributed by atoms with van der Waals surface area (Å²) >= 11 is 0. The largest absolute Gasteiger partial charge is 0.473 e. The fraction of sp³-hybridized carbons (Fsp3) is 0.316. The molecule has 1 fully saturated rings. The minimum atomic E-state index is -3.45. The molecular formula is C19H22N2O3S. The number of ether oxygens (including phenoxy) is 1. The summed E-state index contributed by atoms with van der Waals surface area (Å²) in [5.41, 5.74) is 3.07. The Bertz CT molecular complexity index is 843. The van der Waals surface area contributed by atoms with E-state index in [1.165, 1.54) is 9.71 Å². The van der Waals surface area contributed by atoms with Gasteiger partial charge in [0.2, 0.25) is 15.9 Å². The van der Waals surface area contributed by atoms with Gasteiger partial charge in [0.25, 0.3) is 0 Å². The Hall–Kier alpha value is -2.18. The molecule has 1 aromatic carbocycles. The zero-order valence-electron chi connectivity index (χ0n) is 14.4. The maximum atomic E-state index is 12.5. The van der Waals surface area contributed by atoms with Crippen LogP contribution < -0.4 is 4.74 Å². The van der Waals surface area contributed by atoms with Crippen molar-refractivity contribution < 1.29 is 13.2 Å². The number of sulfonamides is 1. The highest BCUT2D eigenvalue weighted by Crippen LogP contribution is 2.20. The third-order valence-corrected chi connectivity index (χ3v) is 5.68. The average molecular weight is 358 g/mol. The Morgan fingerprint density at radius 3 is 2.52 bits per heavy atom. The van der Waals surface area contributed by atoms with Crippen molar-refractivity contribution in [3.63, 3.8) is 0 Å². The van der Waals surface area contributed by atoms with Gasteiger partial charge < -0.3 is 4.74 Å². The summed E-state index contributed by atoms with van der Waals surface area (Å²) in [4.78, 5) is 4.21. The van der Waals surface area contributed by atoms with E-state index in [1.54, 1.807) is 12.3 Å². The summed E-state index contributed by atoms with van der Waals surface area (Å²) < 4.78 is 32.2. The summed E-state index contributed by atoms with van der Waals surface area (Å²) in [6, 6.07) is 11.5. The Morgan fingerprint density at radius 2 is 1.84 bits per heavy atom. The number of hydrogen-bond donors (Lipinski definition) is 0. The predicted octanol–water partition coefficient (Wildman–Crippen LogP) is 3.15. The highest BCUT2D eigenvalue weighted by Gasteiger charge is 2.31. The summed E-state index contributed by atoms with van der Waals surface area (Å²) in [6.07, 6.45) is 3.86. The van der Waals surface area contributed by atoms with Gasteiger partial charge in [-0.1, -0.05) is 35.9 Å². The van der Waals surface area contributed by atoms with Crippen molar-refractivity contribution >= 4 is 16.1 Å². The van der Waals surface area contributed by atoms with E-state index >= 15 is 0 Å². The highest BCUT2D eigenvalue weighted by molar-refractivity contribution is 7.92. The first kappa shape index (κ1) is 17.6. The van der Waals surface area contributed by atoms with Crippen LogP contribution in [-0.2, 0) is 10.0 Å². The number of nitrogens with zero attached hydrogens (tertiary/aromatic N) is 2. The lowest BCUT2D eigenvalue weighted by molar-refractivity contribution is 0.207. The molecule has 2 heterocycles.